The van der Waals surface area contributed by atoms with Crippen molar-refractivity contribution in [3.63, 3.8) is 0 Å². The highest BCUT2D eigenvalue weighted by Crippen LogP contribution is 2.23. The normalized spacial score (nSPS) is 19.5. The largest absolute Gasteiger partial charge is 0.481 e. The van der Waals surface area contributed by atoms with Crippen LogP contribution in [0.1, 0.15) is 31.4 Å². The maximum absolute atomic E-state index is 12.4. The van der Waals surface area contributed by atoms with Crippen molar-refractivity contribution in [2.24, 2.45) is 5.92 Å². The molecule has 1 aromatic heterocycles. The molecule has 2 aromatic rings. The first-order valence-electron chi connectivity index (χ1n) is 7.66. The van der Waals surface area contributed by atoms with E-state index < -0.39 is 11.9 Å². The fraction of sp³-hybridized carbons (Fsp3) is 0.438. The number of hydrogen-bond acceptors (Lipinski definition) is 4. The van der Waals surface area contributed by atoms with Gasteiger partial charge in [-0.15, -0.1) is 11.3 Å². The van der Waals surface area contributed by atoms with Crippen LogP contribution in [0.25, 0.3) is 10.2 Å². The second kappa shape index (κ2) is 6.54. The lowest BCUT2D eigenvalue weighted by Gasteiger charge is -2.31. The highest BCUT2D eigenvalue weighted by molar-refractivity contribution is 7.16. The number of hydrogen-bond donors (Lipinski definition) is 2. The van der Waals surface area contributed by atoms with Gasteiger partial charge < -0.3 is 15.3 Å². The number of carbonyl (C=O) groups is 2. The number of amides is 2. The molecule has 1 aromatic carbocycles. The smallest absolute Gasteiger partial charge is 0.317 e. The van der Waals surface area contributed by atoms with E-state index in [1.54, 1.807) is 21.7 Å². The van der Waals surface area contributed by atoms with Crippen molar-refractivity contribution in [1.29, 1.82) is 0 Å². The van der Waals surface area contributed by atoms with Gasteiger partial charge in [-0.05, 0) is 37.5 Å². The van der Waals surface area contributed by atoms with Crippen LogP contribution >= 0.6 is 11.3 Å². The number of fused-ring (bicyclic) bond motifs is 1. The van der Waals surface area contributed by atoms with Gasteiger partial charge in [-0.25, -0.2) is 9.78 Å². The van der Waals surface area contributed by atoms with Gasteiger partial charge in [-0.3, -0.25) is 4.79 Å². The van der Waals surface area contributed by atoms with Crippen LogP contribution in [0.5, 0.6) is 0 Å². The molecule has 2 unspecified atom stereocenters. The van der Waals surface area contributed by atoms with E-state index in [-0.39, 0.29) is 18.6 Å². The van der Waals surface area contributed by atoms with Gasteiger partial charge in [0.15, 0.2) is 0 Å². The molecule has 6 nitrogen and oxygen atoms in total. The van der Waals surface area contributed by atoms with Crippen LogP contribution < -0.4 is 5.32 Å². The SMILES string of the molecule is CC(NC(=O)N1CCCC(C(=O)O)C1)c1ccc2ncsc2c1. The molecule has 1 aliphatic heterocycles. The van der Waals surface area contributed by atoms with E-state index in [4.69, 9.17) is 5.11 Å². The summed E-state index contributed by atoms with van der Waals surface area (Å²) >= 11 is 1.57. The number of benzene rings is 1. The maximum Gasteiger partial charge on any atom is 0.317 e. The molecule has 1 saturated heterocycles. The number of rotatable bonds is 3. The van der Waals surface area contributed by atoms with Gasteiger partial charge in [0.1, 0.15) is 0 Å². The molecule has 0 bridgehead atoms. The Morgan fingerprint density at radius 1 is 1.48 bits per heavy atom. The van der Waals surface area contributed by atoms with Gasteiger partial charge in [0.2, 0.25) is 0 Å². The maximum atomic E-state index is 12.4. The minimum Gasteiger partial charge on any atom is -0.481 e. The van der Waals surface area contributed by atoms with Crippen LogP contribution in [0.15, 0.2) is 23.7 Å². The van der Waals surface area contributed by atoms with Gasteiger partial charge in [0, 0.05) is 13.1 Å². The molecule has 2 N–H and O–H groups in total. The number of aliphatic carboxylic acids is 1. The third-order valence-corrected chi connectivity index (χ3v) is 5.04. The van der Waals surface area contributed by atoms with E-state index >= 15 is 0 Å². The second-order valence-corrected chi connectivity index (χ2v) is 6.76. The average Bonchev–Trinajstić information content (AvgIpc) is 3.02. The molecule has 7 heteroatoms. The molecule has 0 spiro atoms. The van der Waals surface area contributed by atoms with Crippen molar-refractivity contribution >= 4 is 33.6 Å². The number of nitrogens with one attached hydrogen (secondary N) is 1. The van der Waals surface area contributed by atoms with Crippen molar-refractivity contribution < 1.29 is 14.7 Å². The molecule has 3 rings (SSSR count). The van der Waals surface area contributed by atoms with E-state index in [1.807, 2.05) is 25.1 Å². The Labute approximate surface area is 138 Å². The molecular weight excluding hydrogens is 314 g/mol. The zero-order valence-corrected chi connectivity index (χ0v) is 13.7. The van der Waals surface area contributed by atoms with E-state index in [2.05, 4.69) is 10.3 Å². The second-order valence-electron chi connectivity index (χ2n) is 5.87. The Bertz CT molecular complexity index is 730. The first-order valence-corrected chi connectivity index (χ1v) is 8.54. The summed E-state index contributed by atoms with van der Waals surface area (Å²) in [6.45, 7) is 2.82. The third kappa shape index (κ3) is 3.44. The van der Waals surface area contributed by atoms with Crippen molar-refractivity contribution in [3.8, 4) is 0 Å². The summed E-state index contributed by atoms with van der Waals surface area (Å²) < 4.78 is 1.09. The predicted octanol–water partition coefficient (Wildman–Crippen LogP) is 2.86. The van der Waals surface area contributed by atoms with Crippen LogP contribution in [-0.4, -0.2) is 40.1 Å². The van der Waals surface area contributed by atoms with Gasteiger partial charge in [-0.2, -0.15) is 0 Å². The van der Waals surface area contributed by atoms with Crippen molar-refractivity contribution in [1.82, 2.24) is 15.2 Å². The fourth-order valence-electron chi connectivity index (χ4n) is 2.86. The van der Waals surface area contributed by atoms with Crippen LogP contribution in [-0.2, 0) is 4.79 Å². The molecule has 0 saturated carbocycles. The predicted molar refractivity (Wildman–Crippen MR) is 88.5 cm³/mol. The fourth-order valence-corrected chi connectivity index (χ4v) is 3.59. The molecule has 2 amide bonds. The summed E-state index contributed by atoms with van der Waals surface area (Å²) in [5, 5.41) is 12.1. The number of carboxylic acids is 1. The monoisotopic (exact) mass is 333 g/mol. The number of aromatic nitrogens is 1. The topological polar surface area (TPSA) is 82.5 Å². The van der Waals surface area contributed by atoms with E-state index in [0.717, 1.165) is 22.2 Å². The lowest BCUT2D eigenvalue weighted by atomic mass is 9.98. The van der Waals surface area contributed by atoms with Crippen LogP contribution in [0, 0.1) is 5.92 Å². The Morgan fingerprint density at radius 3 is 3.09 bits per heavy atom. The Balaban J connectivity index is 1.65. The average molecular weight is 333 g/mol. The Kier molecular flexibility index (Phi) is 4.47. The van der Waals surface area contributed by atoms with Gasteiger partial charge in [0.25, 0.3) is 0 Å². The van der Waals surface area contributed by atoms with Gasteiger partial charge in [0.05, 0.1) is 27.7 Å². The number of piperidine rings is 1. The minimum atomic E-state index is -0.828. The van der Waals surface area contributed by atoms with Crippen LogP contribution in [0.3, 0.4) is 0 Å². The molecule has 0 radical (unpaired) electrons. The molecule has 23 heavy (non-hydrogen) atoms. The van der Waals surface area contributed by atoms with Crippen LogP contribution in [0.4, 0.5) is 4.79 Å². The summed E-state index contributed by atoms with van der Waals surface area (Å²) in [4.78, 5) is 29.3. The molecule has 1 fully saturated rings. The summed E-state index contributed by atoms with van der Waals surface area (Å²) in [5.41, 5.74) is 3.77. The first-order chi connectivity index (χ1) is 11.0. The zero-order valence-electron chi connectivity index (χ0n) is 12.9. The van der Waals surface area contributed by atoms with E-state index in [1.165, 1.54) is 0 Å². The quantitative estimate of drug-likeness (QED) is 0.905. The molecule has 122 valence electrons. The summed E-state index contributed by atoms with van der Waals surface area (Å²) in [6.07, 6.45) is 1.36. The molecule has 2 heterocycles. The van der Waals surface area contributed by atoms with Crippen molar-refractivity contribution in [2.45, 2.75) is 25.8 Å². The van der Waals surface area contributed by atoms with Crippen molar-refractivity contribution in [2.75, 3.05) is 13.1 Å². The number of carboxylic acid groups (broad SMARTS) is 1. The number of thiazole rings is 1. The summed E-state index contributed by atoms with van der Waals surface area (Å²) in [6, 6.07) is 5.61. The Morgan fingerprint density at radius 2 is 2.30 bits per heavy atom. The lowest BCUT2D eigenvalue weighted by molar-refractivity contribution is -0.143. The number of carbonyl (C=O) groups excluding carboxylic acids is 1. The molecule has 1 aliphatic rings. The van der Waals surface area contributed by atoms with Crippen molar-refractivity contribution in [3.05, 3.63) is 29.3 Å². The standard InChI is InChI=1S/C16H19N3O3S/c1-10(11-4-5-13-14(7-11)23-9-17-13)18-16(22)19-6-2-3-12(8-19)15(20)21/h4-5,7,9-10,12H,2-3,6,8H2,1H3,(H,18,22)(H,20,21). The first kappa shape index (κ1) is 15.7. The van der Waals surface area contributed by atoms with Crippen LogP contribution in [0.2, 0.25) is 0 Å². The third-order valence-electron chi connectivity index (χ3n) is 4.25. The van der Waals surface area contributed by atoms with E-state index in [9.17, 15) is 9.59 Å². The zero-order chi connectivity index (χ0) is 16.4. The summed E-state index contributed by atoms with van der Waals surface area (Å²) in [5.74, 6) is -1.29. The number of nitrogens with zero attached hydrogens (tertiary/aromatic N) is 2. The number of likely N-dealkylation sites (tertiary alicyclic amines) is 1. The highest BCUT2D eigenvalue weighted by Gasteiger charge is 2.28. The number of urea groups is 1. The highest BCUT2D eigenvalue weighted by atomic mass is 32.1. The summed E-state index contributed by atoms with van der Waals surface area (Å²) in [7, 11) is 0. The van der Waals surface area contributed by atoms with E-state index in [0.29, 0.717) is 13.0 Å². The Hall–Kier alpha value is -2.15. The molecular formula is C16H19N3O3S. The van der Waals surface area contributed by atoms with Gasteiger partial charge >= 0.3 is 12.0 Å². The van der Waals surface area contributed by atoms with Gasteiger partial charge in [-0.1, -0.05) is 6.07 Å². The molecule has 0 aliphatic carbocycles. The molecule has 2 atom stereocenters. The lowest BCUT2D eigenvalue weighted by Crippen LogP contribution is -2.47. The minimum absolute atomic E-state index is 0.140.